The van der Waals surface area contributed by atoms with Crippen LogP contribution < -0.4 is 16.2 Å². The zero-order valence-electron chi connectivity index (χ0n) is 13.8. The molecule has 130 valence electrons. The largest absolute Gasteiger partial charge is 0.326 e. The molecular weight excluding hydrogens is 332 g/mol. The number of benzene rings is 1. The maximum atomic E-state index is 12.5. The van der Waals surface area contributed by atoms with Crippen LogP contribution in [-0.4, -0.2) is 21.2 Å². The van der Waals surface area contributed by atoms with Gasteiger partial charge in [-0.05, 0) is 43.2 Å². The van der Waals surface area contributed by atoms with Gasteiger partial charge in [0, 0.05) is 29.7 Å². The second-order valence-electron chi connectivity index (χ2n) is 6.20. The summed E-state index contributed by atoms with van der Waals surface area (Å²) >= 11 is 0. The third-order valence-corrected chi connectivity index (χ3v) is 4.19. The predicted molar refractivity (Wildman–Crippen MR) is 97.2 cm³/mol. The number of nitrogens with one attached hydrogen (secondary N) is 2. The number of pyridine rings is 1. The number of rotatable bonds is 4. The smallest absolute Gasteiger partial charge is 0.270 e. The summed E-state index contributed by atoms with van der Waals surface area (Å²) in [5, 5.41) is 5.50. The van der Waals surface area contributed by atoms with Gasteiger partial charge in [-0.2, -0.15) is 0 Å². The van der Waals surface area contributed by atoms with Gasteiger partial charge >= 0.3 is 0 Å². The molecule has 1 aliphatic rings. The third-order valence-electron chi connectivity index (χ3n) is 4.19. The van der Waals surface area contributed by atoms with E-state index >= 15 is 0 Å². The van der Waals surface area contributed by atoms with Crippen molar-refractivity contribution in [1.29, 1.82) is 0 Å². The van der Waals surface area contributed by atoms with E-state index in [1.54, 1.807) is 48.7 Å². The Hall–Kier alpha value is -3.48. The van der Waals surface area contributed by atoms with Gasteiger partial charge in [0.05, 0.1) is 0 Å². The molecule has 0 atom stereocenters. The van der Waals surface area contributed by atoms with E-state index < -0.39 is 11.5 Å². The molecule has 2 heterocycles. The SMILES string of the molecule is O=C(Nc1cccc(NC(=O)C2CC2)c1)c1cnc2ccccn2c1=O. The fourth-order valence-electron chi connectivity index (χ4n) is 2.65. The number of hydrogen-bond donors (Lipinski definition) is 2. The topological polar surface area (TPSA) is 92.6 Å². The van der Waals surface area contributed by atoms with Gasteiger partial charge in [-0.1, -0.05) is 12.1 Å². The second kappa shape index (κ2) is 6.44. The van der Waals surface area contributed by atoms with Crippen molar-refractivity contribution in [2.24, 2.45) is 5.92 Å². The minimum absolute atomic E-state index is 0.00884. The van der Waals surface area contributed by atoms with Crippen molar-refractivity contribution in [2.75, 3.05) is 10.6 Å². The summed E-state index contributed by atoms with van der Waals surface area (Å²) in [7, 11) is 0. The summed E-state index contributed by atoms with van der Waals surface area (Å²) < 4.78 is 1.32. The van der Waals surface area contributed by atoms with Crippen molar-refractivity contribution in [2.45, 2.75) is 12.8 Å². The van der Waals surface area contributed by atoms with Crippen molar-refractivity contribution in [3.05, 3.63) is 70.8 Å². The van der Waals surface area contributed by atoms with Gasteiger partial charge in [-0.15, -0.1) is 0 Å². The zero-order valence-corrected chi connectivity index (χ0v) is 13.8. The average Bonchev–Trinajstić information content (AvgIpc) is 3.48. The van der Waals surface area contributed by atoms with Crippen molar-refractivity contribution in [1.82, 2.24) is 9.38 Å². The van der Waals surface area contributed by atoms with Crippen LogP contribution in [0.4, 0.5) is 11.4 Å². The van der Waals surface area contributed by atoms with E-state index in [0.29, 0.717) is 17.0 Å². The zero-order chi connectivity index (χ0) is 18.1. The molecule has 1 aliphatic carbocycles. The van der Waals surface area contributed by atoms with Gasteiger partial charge in [0.1, 0.15) is 11.2 Å². The van der Waals surface area contributed by atoms with E-state index in [0.717, 1.165) is 12.8 Å². The third kappa shape index (κ3) is 3.19. The minimum Gasteiger partial charge on any atom is -0.326 e. The Kier molecular flexibility index (Phi) is 3.96. The molecule has 3 aromatic rings. The summed E-state index contributed by atoms with van der Waals surface area (Å²) in [6.45, 7) is 0. The first-order valence-corrected chi connectivity index (χ1v) is 8.30. The van der Waals surface area contributed by atoms with Gasteiger partial charge in [0.15, 0.2) is 0 Å². The average molecular weight is 348 g/mol. The lowest BCUT2D eigenvalue weighted by Crippen LogP contribution is -2.26. The maximum Gasteiger partial charge on any atom is 0.270 e. The highest BCUT2D eigenvalue weighted by Crippen LogP contribution is 2.30. The van der Waals surface area contributed by atoms with Crippen LogP contribution in [0.5, 0.6) is 0 Å². The first-order valence-electron chi connectivity index (χ1n) is 8.30. The number of carbonyl (C=O) groups is 2. The van der Waals surface area contributed by atoms with E-state index in [1.807, 2.05) is 0 Å². The normalized spacial score (nSPS) is 13.4. The number of anilines is 2. The second-order valence-corrected chi connectivity index (χ2v) is 6.20. The molecule has 26 heavy (non-hydrogen) atoms. The van der Waals surface area contributed by atoms with Crippen LogP contribution in [0.15, 0.2) is 59.7 Å². The van der Waals surface area contributed by atoms with E-state index in [1.165, 1.54) is 10.6 Å². The molecular formula is C19H16N4O3. The lowest BCUT2D eigenvalue weighted by molar-refractivity contribution is -0.117. The lowest BCUT2D eigenvalue weighted by Gasteiger charge is -2.09. The van der Waals surface area contributed by atoms with E-state index in [2.05, 4.69) is 15.6 Å². The van der Waals surface area contributed by atoms with Crippen LogP contribution in [0.1, 0.15) is 23.2 Å². The molecule has 0 aliphatic heterocycles. The van der Waals surface area contributed by atoms with Crippen molar-refractivity contribution in [3.8, 4) is 0 Å². The van der Waals surface area contributed by atoms with Crippen molar-refractivity contribution >= 4 is 28.8 Å². The number of amides is 2. The van der Waals surface area contributed by atoms with Crippen LogP contribution in [0.25, 0.3) is 5.65 Å². The van der Waals surface area contributed by atoms with Gasteiger partial charge < -0.3 is 10.6 Å². The molecule has 1 saturated carbocycles. The molecule has 2 aromatic heterocycles. The molecule has 7 nitrogen and oxygen atoms in total. The highest BCUT2D eigenvalue weighted by Gasteiger charge is 2.29. The van der Waals surface area contributed by atoms with Crippen LogP contribution in [0.2, 0.25) is 0 Å². The highest BCUT2D eigenvalue weighted by molar-refractivity contribution is 6.04. The summed E-state index contributed by atoms with van der Waals surface area (Å²) in [6.07, 6.45) is 4.67. The minimum atomic E-state index is -0.550. The van der Waals surface area contributed by atoms with E-state index in [-0.39, 0.29) is 17.4 Å². The Balaban J connectivity index is 1.55. The number of hydrogen-bond acceptors (Lipinski definition) is 4. The Bertz CT molecular complexity index is 1070. The first-order chi connectivity index (χ1) is 12.6. The molecule has 2 amide bonds. The highest BCUT2D eigenvalue weighted by atomic mass is 16.2. The molecule has 1 aromatic carbocycles. The van der Waals surface area contributed by atoms with Gasteiger partial charge in [0.25, 0.3) is 11.5 Å². The first kappa shape index (κ1) is 16.0. The van der Waals surface area contributed by atoms with E-state index in [9.17, 15) is 14.4 Å². The van der Waals surface area contributed by atoms with Gasteiger partial charge in [0.2, 0.25) is 5.91 Å². The number of nitrogens with zero attached hydrogens (tertiary/aromatic N) is 2. The molecule has 0 bridgehead atoms. The van der Waals surface area contributed by atoms with E-state index in [4.69, 9.17) is 0 Å². The number of carbonyl (C=O) groups excluding carboxylic acids is 2. The molecule has 0 saturated heterocycles. The fraction of sp³-hybridized carbons (Fsp3) is 0.158. The maximum absolute atomic E-state index is 12.5. The predicted octanol–water partition coefficient (Wildman–Crippen LogP) is 2.30. The summed E-state index contributed by atoms with van der Waals surface area (Å²) in [5.41, 5.74) is 1.07. The monoisotopic (exact) mass is 348 g/mol. The Labute approximate surface area is 148 Å². The van der Waals surface area contributed by atoms with Crippen LogP contribution in [-0.2, 0) is 4.79 Å². The molecule has 7 heteroatoms. The Morgan fingerprint density at radius 1 is 1.04 bits per heavy atom. The molecule has 0 radical (unpaired) electrons. The summed E-state index contributed by atoms with van der Waals surface area (Å²) in [6, 6.07) is 12.0. The molecule has 0 unspecified atom stereocenters. The van der Waals surface area contributed by atoms with Crippen LogP contribution in [0.3, 0.4) is 0 Å². The van der Waals surface area contributed by atoms with Crippen molar-refractivity contribution in [3.63, 3.8) is 0 Å². The molecule has 4 rings (SSSR count). The summed E-state index contributed by atoms with van der Waals surface area (Å²) in [4.78, 5) is 40.9. The molecule has 0 spiro atoms. The van der Waals surface area contributed by atoms with Gasteiger partial charge in [-0.3, -0.25) is 18.8 Å². The summed E-state index contributed by atoms with van der Waals surface area (Å²) in [5.74, 6) is -0.464. The standard InChI is InChI=1S/C19H16N4O3/c24-17(12-7-8-12)21-13-4-3-5-14(10-13)22-18(25)15-11-20-16-6-1-2-9-23(16)19(15)26/h1-6,9-12H,7-8H2,(H,21,24)(H,22,25). The van der Waals surface area contributed by atoms with Crippen LogP contribution >= 0.6 is 0 Å². The lowest BCUT2D eigenvalue weighted by atomic mass is 10.2. The Morgan fingerprint density at radius 3 is 2.58 bits per heavy atom. The quantitative estimate of drug-likeness (QED) is 0.757. The Morgan fingerprint density at radius 2 is 1.81 bits per heavy atom. The molecule has 1 fully saturated rings. The number of fused-ring (bicyclic) bond motifs is 1. The molecule has 2 N–H and O–H groups in total. The number of aromatic nitrogens is 2. The van der Waals surface area contributed by atoms with Crippen LogP contribution in [0, 0.1) is 5.92 Å². The van der Waals surface area contributed by atoms with Crippen molar-refractivity contribution < 1.29 is 9.59 Å². The van der Waals surface area contributed by atoms with Gasteiger partial charge in [-0.25, -0.2) is 4.98 Å². The fourth-order valence-corrected chi connectivity index (χ4v) is 2.65.